The fraction of sp³-hybridized carbons (Fsp3) is 0.400. The van der Waals surface area contributed by atoms with E-state index >= 15 is 0 Å². The molecule has 1 aliphatic carbocycles. The highest BCUT2D eigenvalue weighted by atomic mass is 16.1. The Balaban J connectivity index is 2.36. The molecule has 1 saturated carbocycles. The fourth-order valence-electron chi connectivity index (χ4n) is 1.60. The largest absolute Gasteiger partial charge is 0.262 e. The van der Waals surface area contributed by atoms with Gasteiger partial charge in [-0.1, -0.05) is 6.42 Å². The van der Waals surface area contributed by atoms with Crippen LogP contribution in [0.2, 0.25) is 0 Å². The van der Waals surface area contributed by atoms with Crippen molar-refractivity contribution in [1.29, 1.82) is 0 Å². The van der Waals surface area contributed by atoms with Crippen LogP contribution in [0.4, 0.5) is 5.69 Å². The van der Waals surface area contributed by atoms with E-state index in [0.29, 0.717) is 11.6 Å². The van der Waals surface area contributed by atoms with Crippen molar-refractivity contribution in [2.75, 3.05) is 0 Å². The minimum atomic E-state index is 0.579. The fourth-order valence-corrected chi connectivity index (χ4v) is 1.60. The first kappa shape index (κ1) is 8.14. The summed E-state index contributed by atoms with van der Waals surface area (Å²) >= 11 is 0. The molecule has 3 heteroatoms. The van der Waals surface area contributed by atoms with E-state index < -0.39 is 0 Å². The molecule has 13 heavy (non-hydrogen) atoms. The first-order valence-electron chi connectivity index (χ1n) is 4.43. The van der Waals surface area contributed by atoms with Crippen molar-refractivity contribution >= 4 is 11.8 Å². The summed E-state index contributed by atoms with van der Waals surface area (Å²) in [5.74, 6) is 0.579. The molecule has 0 N–H and O–H groups in total. The second-order valence-electron chi connectivity index (χ2n) is 3.27. The second-order valence-corrected chi connectivity index (χ2v) is 3.27. The predicted octanol–water partition coefficient (Wildman–Crippen LogP) is 2.32. The summed E-state index contributed by atoms with van der Waals surface area (Å²) in [5, 5.41) is 0. The lowest BCUT2D eigenvalue weighted by Gasteiger charge is -2.26. The molecule has 3 nitrogen and oxygen atoms in total. The maximum absolute atomic E-state index is 10.1. The summed E-state index contributed by atoms with van der Waals surface area (Å²) < 4.78 is 0. The molecule has 1 heterocycles. The molecule has 1 aromatic heterocycles. The molecule has 0 aromatic carbocycles. The van der Waals surface area contributed by atoms with Gasteiger partial charge in [-0.05, 0) is 30.4 Å². The van der Waals surface area contributed by atoms with Gasteiger partial charge in [-0.25, -0.2) is 4.79 Å². The second kappa shape index (κ2) is 3.50. The zero-order valence-electron chi connectivity index (χ0n) is 7.23. The number of nitrogens with zero attached hydrogens (tertiary/aromatic N) is 2. The third-order valence-electron chi connectivity index (χ3n) is 2.54. The number of aromatic nitrogens is 1. The number of carbonyl (C=O) groups excluding carboxylic acids is 1. The van der Waals surface area contributed by atoms with Gasteiger partial charge in [0.05, 0.1) is 11.9 Å². The van der Waals surface area contributed by atoms with Crippen molar-refractivity contribution in [2.24, 2.45) is 4.99 Å². The lowest BCUT2D eigenvalue weighted by Crippen LogP contribution is -2.08. The van der Waals surface area contributed by atoms with Gasteiger partial charge in [0.2, 0.25) is 6.08 Å². The van der Waals surface area contributed by atoms with Crippen LogP contribution in [0.5, 0.6) is 0 Å². The maximum atomic E-state index is 10.1. The van der Waals surface area contributed by atoms with Crippen LogP contribution < -0.4 is 0 Å². The van der Waals surface area contributed by atoms with Crippen molar-refractivity contribution in [2.45, 2.75) is 25.2 Å². The number of pyridine rings is 1. The molecule has 1 aliphatic rings. The van der Waals surface area contributed by atoms with Gasteiger partial charge in [-0.15, -0.1) is 0 Å². The molecule has 0 saturated heterocycles. The van der Waals surface area contributed by atoms with Crippen LogP contribution in [0.3, 0.4) is 0 Å². The average Bonchev–Trinajstić information content (AvgIpc) is 2.05. The van der Waals surface area contributed by atoms with Crippen molar-refractivity contribution in [3.05, 3.63) is 24.0 Å². The molecule has 0 bridgehead atoms. The summed E-state index contributed by atoms with van der Waals surface area (Å²) in [6.45, 7) is 0. The molecule has 66 valence electrons. The highest BCUT2D eigenvalue weighted by molar-refractivity contribution is 5.53. The molecular weight excluding hydrogens is 164 g/mol. The Morgan fingerprint density at radius 2 is 2.38 bits per heavy atom. The van der Waals surface area contributed by atoms with Gasteiger partial charge in [-0.2, -0.15) is 4.99 Å². The van der Waals surface area contributed by atoms with Gasteiger partial charge in [0, 0.05) is 6.20 Å². The van der Waals surface area contributed by atoms with Crippen LogP contribution in [0.25, 0.3) is 0 Å². The van der Waals surface area contributed by atoms with Crippen molar-refractivity contribution in [3.63, 3.8) is 0 Å². The lowest BCUT2D eigenvalue weighted by atomic mass is 9.80. The van der Waals surface area contributed by atoms with E-state index in [9.17, 15) is 4.79 Å². The quantitative estimate of drug-likeness (QED) is 0.510. The van der Waals surface area contributed by atoms with Crippen LogP contribution >= 0.6 is 0 Å². The Bertz CT molecular complexity index is 352. The van der Waals surface area contributed by atoms with Gasteiger partial charge >= 0.3 is 0 Å². The Morgan fingerprint density at radius 3 is 3.00 bits per heavy atom. The first-order chi connectivity index (χ1) is 6.42. The Kier molecular flexibility index (Phi) is 2.19. The molecule has 0 atom stereocenters. The predicted molar refractivity (Wildman–Crippen MR) is 48.6 cm³/mol. The molecule has 2 rings (SSSR count). The molecule has 0 spiro atoms. The minimum absolute atomic E-state index is 0.579. The number of hydrogen-bond donors (Lipinski definition) is 0. The maximum Gasteiger partial charge on any atom is 0.240 e. The van der Waals surface area contributed by atoms with Crippen molar-refractivity contribution in [3.8, 4) is 0 Å². The van der Waals surface area contributed by atoms with Crippen LogP contribution in [-0.4, -0.2) is 11.1 Å². The van der Waals surface area contributed by atoms with Gasteiger partial charge in [0.25, 0.3) is 0 Å². The lowest BCUT2D eigenvalue weighted by molar-refractivity contribution is 0.420. The van der Waals surface area contributed by atoms with Crippen molar-refractivity contribution < 1.29 is 4.79 Å². The zero-order chi connectivity index (χ0) is 9.10. The third-order valence-corrected chi connectivity index (χ3v) is 2.54. The summed E-state index contributed by atoms with van der Waals surface area (Å²) in [4.78, 5) is 17.7. The van der Waals surface area contributed by atoms with Gasteiger partial charge < -0.3 is 0 Å². The topological polar surface area (TPSA) is 42.3 Å². The van der Waals surface area contributed by atoms with Crippen molar-refractivity contribution in [1.82, 2.24) is 4.98 Å². The highest BCUT2D eigenvalue weighted by Gasteiger charge is 2.21. The van der Waals surface area contributed by atoms with E-state index in [1.54, 1.807) is 18.5 Å². The normalized spacial score (nSPS) is 16.0. The minimum Gasteiger partial charge on any atom is -0.262 e. The van der Waals surface area contributed by atoms with E-state index in [0.717, 1.165) is 5.56 Å². The van der Waals surface area contributed by atoms with Crippen LogP contribution in [0, 0.1) is 0 Å². The smallest absolute Gasteiger partial charge is 0.240 e. The number of aliphatic imine (C=N–C) groups is 1. The summed E-state index contributed by atoms with van der Waals surface area (Å²) in [6.07, 6.45) is 8.61. The molecule has 0 unspecified atom stereocenters. The molecule has 1 fully saturated rings. The molecule has 0 radical (unpaired) electrons. The summed E-state index contributed by atoms with van der Waals surface area (Å²) in [5.41, 5.74) is 1.83. The molecular formula is C10H10N2O. The SMILES string of the molecule is O=C=Nc1cnccc1C1CCC1. The molecule has 0 amide bonds. The Morgan fingerprint density at radius 1 is 1.54 bits per heavy atom. The Labute approximate surface area is 76.5 Å². The van der Waals surface area contributed by atoms with Gasteiger partial charge in [0.1, 0.15) is 0 Å². The van der Waals surface area contributed by atoms with Gasteiger partial charge in [-0.3, -0.25) is 4.98 Å². The average molecular weight is 174 g/mol. The monoisotopic (exact) mass is 174 g/mol. The van der Waals surface area contributed by atoms with E-state index in [1.165, 1.54) is 19.3 Å². The molecule has 0 aliphatic heterocycles. The van der Waals surface area contributed by atoms with E-state index in [-0.39, 0.29) is 0 Å². The number of hydrogen-bond acceptors (Lipinski definition) is 3. The number of rotatable bonds is 2. The van der Waals surface area contributed by atoms with Crippen LogP contribution in [0.15, 0.2) is 23.5 Å². The van der Waals surface area contributed by atoms with Crippen LogP contribution in [0.1, 0.15) is 30.7 Å². The highest BCUT2D eigenvalue weighted by Crippen LogP contribution is 2.40. The summed E-state index contributed by atoms with van der Waals surface area (Å²) in [6, 6.07) is 1.94. The number of isocyanates is 1. The standard InChI is InChI=1S/C10H10N2O/c13-7-12-10-6-11-5-4-9(10)8-2-1-3-8/h4-6,8H,1-3H2. The summed E-state index contributed by atoms with van der Waals surface area (Å²) in [7, 11) is 0. The van der Waals surface area contributed by atoms with E-state index in [1.807, 2.05) is 6.07 Å². The third kappa shape index (κ3) is 1.51. The van der Waals surface area contributed by atoms with E-state index in [4.69, 9.17) is 0 Å². The molecule has 1 aromatic rings. The van der Waals surface area contributed by atoms with Crippen LogP contribution in [-0.2, 0) is 4.79 Å². The zero-order valence-corrected chi connectivity index (χ0v) is 7.23. The van der Waals surface area contributed by atoms with E-state index in [2.05, 4.69) is 9.98 Å². The van der Waals surface area contributed by atoms with Gasteiger partial charge in [0.15, 0.2) is 0 Å². The Hall–Kier alpha value is -1.47. The first-order valence-corrected chi connectivity index (χ1v) is 4.43.